The number of methoxy groups -OCH3 is 1. The number of nitrogens with one attached hydrogen (secondary N) is 1. The number of rotatable bonds is 5. The first-order chi connectivity index (χ1) is 9.63. The molecule has 0 amide bonds. The van der Waals surface area contributed by atoms with Crippen LogP contribution in [0.4, 0.5) is 11.5 Å². The van der Waals surface area contributed by atoms with Crippen LogP contribution in [-0.4, -0.2) is 27.0 Å². The summed E-state index contributed by atoms with van der Waals surface area (Å²) >= 11 is 0. The molecule has 0 aromatic carbocycles. The van der Waals surface area contributed by atoms with E-state index in [0.29, 0.717) is 0 Å². The highest BCUT2D eigenvalue weighted by molar-refractivity contribution is 5.61. The average Bonchev–Trinajstić information content (AvgIpc) is 2.47. The van der Waals surface area contributed by atoms with E-state index in [4.69, 9.17) is 4.74 Å². The molecule has 0 saturated heterocycles. The Hall–Kier alpha value is -2.77. The standard InChI is InChI=1S/C12H13N5O3/c1-8(9-4-3-5-13-6-9)16-11-10(17(18)19)12(20-2)15-7-14-11/h3-8H,1-2H3,(H,14,15,16). The lowest BCUT2D eigenvalue weighted by Crippen LogP contribution is -2.11. The molecule has 0 aliphatic carbocycles. The number of hydrogen-bond acceptors (Lipinski definition) is 7. The van der Waals surface area contributed by atoms with E-state index in [1.165, 1.54) is 13.4 Å². The summed E-state index contributed by atoms with van der Waals surface area (Å²) in [6.07, 6.45) is 4.55. The largest absolute Gasteiger partial charge is 0.476 e. The van der Waals surface area contributed by atoms with E-state index in [-0.39, 0.29) is 23.4 Å². The summed E-state index contributed by atoms with van der Waals surface area (Å²) in [5.41, 5.74) is 0.602. The predicted octanol–water partition coefficient (Wildman–Crippen LogP) is 1.96. The van der Waals surface area contributed by atoms with E-state index in [2.05, 4.69) is 20.3 Å². The summed E-state index contributed by atoms with van der Waals surface area (Å²) in [6, 6.07) is 3.47. The van der Waals surface area contributed by atoms with Crippen molar-refractivity contribution < 1.29 is 9.66 Å². The Morgan fingerprint density at radius 2 is 2.25 bits per heavy atom. The molecule has 104 valence electrons. The maximum Gasteiger partial charge on any atom is 0.372 e. The topological polar surface area (TPSA) is 103 Å². The molecule has 0 radical (unpaired) electrons. The van der Waals surface area contributed by atoms with Gasteiger partial charge in [0.2, 0.25) is 5.82 Å². The van der Waals surface area contributed by atoms with Crippen molar-refractivity contribution in [2.75, 3.05) is 12.4 Å². The van der Waals surface area contributed by atoms with Crippen molar-refractivity contribution in [2.24, 2.45) is 0 Å². The molecule has 8 nitrogen and oxygen atoms in total. The first-order valence-electron chi connectivity index (χ1n) is 5.83. The van der Waals surface area contributed by atoms with Gasteiger partial charge in [0.15, 0.2) is 0 Å². The number of aromatic nitrogens is 3. The molecule has 1 atom stereocenters. The lowest BCUT2D eigenvalue weighted by Gasteiger charge is -2.14. The van der Waals surface area contributed by atoms with E-state index < -0.39 is 4.92 Å². The van der Waals surface area contributed by atoms with Crippen molar-refractivity contribution in [1.29, 1.82) is 0 Å². The van der Waals surface area contributed by atoms with E-state index in [1.807, 2.05) is 13.0 Å². The van der Waals surface area contributed by atoms with Gasteiger partial charge >= 0.3 is 5.69 Å². The molecule has 2 aromatic heterocycles. The third-order valence-electron chi connectivity index (χ3n) is 2.70. The molecule has 0 saturated carbocycles. The van der Waals surface area contributed by atoms with Crippen LogP contribution in [0.2, 0.25) is 0 Å². The summed E-state index contributed by atoms with van der Waals surface area (Å²) < 4.78 is 4.89. The molecule has 2 heterocycles. The van der Waals surface area contributed by atoms with Crippen LogP contribution >= 0.6 is 0 Å². The van der Waals surface area contributed by atoms with Crippen LogP contribution in [0.3, 0.4) is 0 Å². The minimum atomic E-state index is -0.572. The fourth-order valence-corrected chi connectivity index (χ4v) is 1.70. The monoisotopic (exact) mass is 275 g/mol. The molecule has 2 rings (SSSR count). The third kappa shape index (κ3) is 2.79. The Balaban J connectivity index is 2.32. The fourth-order valence-electron chi connectivity index (χ4n) is 1.70. The summed E-state index contributed by atoms with van der Waals surface area (Å²) in [7, 11) is 1.32. The third-order valence-corrected chi connectivity index (χ3v) is 2.70. The second-order valence-electron chi connectivity index (χ2n) is 3.99. The van der Waals surface area contributed by atoms with Gasteiger partial charge < -0.3 is 10.1 Å². The fraction of sp³-hybridized carbons (Fsp3) is 0.250. The van der Waals surface area contributed by atoms with Gasteiger partial charge in [0.05, 0.1) is 18.1 Å². The van der Waals surface area contributed by atoms with Crippen LogP contribution in [0.1, 0.15) is 18.5 Å². The van der Waals surface area contributed by atoms with Crippen molar-refractivity contribution in [3.63, 3.8) is 0 Å². The number of ether oxygens (including phenoxy) is 1. The second kappa shape index (κ2) is 5.91. The summed E-state index contributed by atoms with van der Waals surface area (Å²) in [4.78, 5) is 22.2. The molecule has 20 heavy (non-hydrogen) atoms. The first-order valence-corrected chi connectivity index (χ1v) is 5.83. The van der Waals surface area contributed by atoms with E-state index in [9.17, 15) is 10.1 Å². The Bertz CT molecular complexity index is 605. The summed E-state index contributed by atoms with van der Waals surface area (Å²) in [6.45, 7) is 1.86. The SMILES string of the molecule is COc1ncnc(NC(C)c2cccnc2)c1[N+](=O)[O-]. The van der Waals surface area contributed by atoms with Crippen LogP contribution in [0.15, 0.2) is 30.9 Å². The van der Waals surface area contributed by atoms with Crippen LogP contribution in [0.5, 0.6) is 5.88 Å². The smallest absolute Gasteiger partial charge is 0.372 e. The van der Waals surface area contributed by atoms with Gasteiger partial charge in [0.25, 0.3) is 5.88 Å². The number of nitrogens with zero attached hydrogens (tertiary/aromatic N) is 4. The van der Waals surface area contributed by atoms with Crippen LogP contribution < -0.4 is 10.1 Å². The molecule has 8 heteroatoms. The Morgan fingerprint density at radius 1 is 1.45 bits per heavy atom. The van der Waals surface area contributed by atoms with Gasteiger partial charge in [-0.1, -0.05) is 6.07 Å². The Labute approximate surface area is 115 Å². The summed E-state index contributed by atoms with van der Waals surface area (Å²) in [5.74, 6) is 0.0316. The molecule has 1 unspecified atom stereocenters. The van der Waals surface area contributed by atoms with E-state index in [0.717, 1.165) is 5.56 Å². The number of hydrogen-bond donors (Lipinski definition) is 1. The lowest BCUT2D eigenvalue weighted by atomic mass is 10.1. The van der Waals surface area contributed by atoms with Crippen molar-refractivity contribution in [2.45, 2.75) is 13.0 Å². The van der Waals surface area contributed by atoms with Gasteiger partial charge in [-0.05, 0) is 18.6 Å². The quantitative estimate of drug-likeness (QED) is 0.657. The maximum atomic E-state index is 11.1. The molecular formula is C12H13N5O3. The normalized spacial score (nSPS) is 11.7. The molecule has 0 aliphatic rings. The van der Waals surface area contributed by atoms with Crippen LogP contribution in [0.25, 0.3) is 0 Å². The average molecular weight is 275 g/mol. The molecular weight excluding hydrogens is 262 g/mol. The molecule has 2 aromatic rings. The van der Waals surface area contributed by atoms with Gasteiger partial charge in [-0.3, -0.25) is 15.1 Å². The lowest BCUT2D eigenvalue weighted by molar-refractivity contribution is -0.385. The Morgan fingerprint density at radius 3 is 2.85 bits per heavy atom. The van der Waals surface area contributed by atoms with Gasteiger partial charge in [0, 0.05) is 12.4 Å². The molecule has 0 bridgehead atoms. The zero-order valence-corrected chi connectivity index (χ0v) is 11.0. The second-order valence-corrected chi connectivity index (χ2v) is 3.99. The van der Waals surface area contributed by atoms with E-state index in [1.54, 1.807) is 18.5 Å². The zero-order valence-electron chi connectivity index (χ0n) is 11.0. The minimum absolute atomic E-state index is 0.0779. The van der Waals surface area contributed by atoms with Crippen LogP contribution in [-0.2, 0) is 0 Å². The predicted molar refractivity (Wildman–Crippen MR) is 71.5 cm³/mol. The van der Waals surface area contributed by atoms with E-state index >= 15 is 0 Å². The zero-order chi connectivity index (χ0) is 14.5. The highest BCUT2D eigenvalue weighted by Gasteiger charge is 2.25. The maximum absolute atomic E-state index is 11.1. The minimum Gasteiger partial charge on any atom is -0.476 e. The highest BCUT2D eigenvalue weighted by Crippen LogP contribution is 2.32. The molecule has 1 N–H and O–H groups in total. The van der Waals surface area contributed by atoms with Crippen molar-refractivity contribution in [3.05, 3.63) is 46.5 Å². The Kier molecular flexibility index (Phi) is 4.04. The first kappa shape index (κ1) is 13.7. The van der Waals surface area contributed by atoms with Gasteiger partial charge in [-0.25, -0.2) is 4.98 Å². The van der Waals surface area contributed by atoms with Crippen molar-refractivity contribution in [3.8, 4) is 5.88 Å². The van der Waals surface area contributed by atoms with Crippen LogP contribution in [0, 0.1) is 10.1 Å². The highest BCUT2D eigenvalue weighted by atomic mass is 16.6. The van der Waals surface area contributed by atoms with Gasteiger partial charge in [-0.2, -0.15) is 4.98 Å². The number of pyridine rings is 1. The number of anilines is 1. The summed E-state index contributed by atoms with van der Waals surface area (Å²) in [5, 5.41) is 14.1. The molecule has 0 fully saturated rings. The number of nitro groups is 1. The van der Waals surface area contributed by atoms with Crippen molar-refractivity contribution >= 4 is 11.5 Å². The molecule has 0 spiro atoms. The van der Waals surface area contributed by atoms with Crippen molar-refractivity contribution in [1.82, 2.24) is 15.0 Å². The van der Waals surface area contributed by atoms with Gasteiger partial charge in [0.1, 0.15) is 6.33 Å². The van der Waals surface area contributed by atoms with Gasteiger partial charge in [-0.15, -0.1) is 0 Å². The molecule has 0 aliphatic heterocycles.